The van der Waals surface area contributed by atoms with Gasteiger partial charge in [-0.15, -0.1) is 0 Å². The van der Waals surface area contributed by atoms with Gasteiger partial charge >= 0.3 is 0 Å². The Hall–Kier alpha value is -0.380. The monoisotopic (exact) mass is 213 g/mol. The molecule has 3 heteroatoms. The molecule has 0 saturated carbocycles. The number of nitrogens with one attached hydrogen (secondary N) is 1. The molecule has 1 N–H and O–H groups in total. The zero-order chi connectivity index (χ0) is 10.2. The van der Waals surface area contributed by atoms with E-state index in [2.05, 4.69) is 22.1 Å². The number of hydrogen-bond donors (Lipinski definition) is 1. The van der Waals surface area contributed by atoms with Crippen molar-refractivity contribution >= 4 is 11.3 Å². The quantitative estimate of drug-likeness (QED) is 0.702. The van der Waals surface area contributed by atoms with Crippen LogP contribution in [-0.4, -0.2) is 26.8 Å². The minimum Gasteiger partial charge on any atom is -0.385 e. The first-order valence-corrected chi connectivity index (χ1v) is 5.98. The van der Waals surface area contributed by atoms with Gasteiger partial charge in [-0.1, -0.05) is 0 Å². The molecule has 1 unspecified atom stereocenters. The van der Waals surface area contributed by atoms with Gasteiger partial charge in [-0.2, -0.15) is 11.3 Å². The summed E-state index contributed by atoms with van der Waals surface area (Å²) in [6.45, 7) is 0.863. The molecule has 0 fully saturated rings. The topological polar surface area (TPSA) is 21.3 Å². The fraction of sp³-hybridized carbons (Fsp3) is 0.636. The SMILES string of the molecule is CNC(CCCOC)Cc1ccsc1. The van der Waals surface area contributed by atoms with E-state index in [4.69, 9.17) is 4.74 Å². The van der Waals surface area contributed by atoms with E-state index in [0.29, 0.717) is 6.04 Å². The maximum atomic E-state index is 5.05. The highest BCUT2D eigenvalue weighted by molar-refractivity contribution is 7.07. The van der Waals surface area contributed by atoms with Crippen molar-refractivity contribution in [1.82, 2.24) is 5.32 Å². The number of likely N-dealkylation sites (N-methyl/N-ethyl adjacent to an activating group) is 1. The lowest BCUT2D eigenvalue weighted by atomic mass is 10.0. The van der Waals surface area contributed by atoms with Gasteiger partial charge in [-0.25, -0.2) is 0 Å². The van der Waals surface area contributed by atoms with E-state index in [0.717, 1.165) is 19.4 Å². The zero-order valence-corrected chi connectivity index (χ0v) is 9.77. The van der Waals surface area contributed by atoms with Gasteiger partial charge in [0.05, 0.1) is 0 Å². The van der Waals surface area contributed by atoms with Crippen LogP contribution in [0, 0.1) is 0 Å². The molecule has 1 aromatic heterocycles. The van der Waals surface area contributed by atoms with E-state index in [-0.39, 0.29) is 0 Å². The number of rotatable bonds is 7. The van der Waals surface area contributed by atoms with E-state index in [1.54, 1.807) is 18.4 Å². The highest BCUT2D eigenvalue weighted by atomic mass is 32.1. The van der Waals surface area contributed by atoms with Crippen molar-refractivity contribution in [3.8, 4) is 0 Å². The maximum absolute atomic E-state index is 5.05. The molecule has 1 rings (SSSR count). The van der Waals surface area contributed by atoms with Crippen molar-refractivity contribution in [3.63, 3.8) is 0 Å². The third-order valence-electron chi connectivity index (χ3n) is 2.37. The fourth-order valence-corrected chi connectivity index (χ4v) is 2.20. The minimum atomic E-state index is 0.583. The Balaban J connectivity index is 2.24. The van der Waals surface area contributed by atoms with Gasteiger partial charge in [-0.05, 0) is 48.7 Å². The molecular weight excluding hydrogens is 194 g/mol. The van der Waals surface area contributed by atoms with Gasteiger partial charge in [-0.3, -0.25) is 0 Å². The first kappa shape index (κ1) is 11.7. The normalized spacial score (nSPS) is 13.0. The molecule has 0 spiro atoms. The molecule has 2 nitrogen and oxygen atoms in total. The number of methoxy groups -OCH3 is 1. The van der Waals surface area contributed by atoms with Gasteiger partial charge in [0.25, 0.3) is 0 Å². The van der Waals surface area contributed by atoms with Crippen LogP contribution in [0.4, 0.5) is 0 Å². The third kappa shape index (κ3) is 4.22. The van der Waals surface area contributed by atoms with Crippen LogP contribution in [0.1, 0.15) is 18.4 Å². The standard InChI is InChI=1S/C11H19NOS/c1-12-11(4-3-6-13-2)8-10-5-7-14-9-10/h5,7,9,11-12H,3-4,6,8H2,1-2H3. The van der Waals surface area contributed by atoms with Crippen molar-refractivity contribution < 1.29 is 4.74 Å². The molecule has 0 bridgehead atoms. The van der Waals surface area contributed by atoms with E-state index in [1.165, 1.54) is 12.0 Å². The van der Waals surface area contributed by atoms with Crippen LogP contribution in [-0.2, 0) is 11.2 Å². The molecule has 0 saturated heterocycles. The van der Waals surface area contributed by atoms with E-state index in [1.807, 2.05) is 7.05 Å². The van der Waals surface area contributed by atoms with Crippen molar-refractivity contribution in [1.29, 1.82) is 0 Å². The van der Waals surface area contributed by atoms with E-state index < -0.39 is 0 Å². The Bertz CT molecular complexity index is 223. The van der Waals surface area contributed by atoms with E-state index in [9.17, 15) is 0 Å². The van der Waals surface area contributed by atoms with E-state index >= 15 is 0 Å². The summed E-state index contributed by atoms with van der Waals surface area (Å²) in [6, 6.07) is 2.78. The molecule has 0 radical (unpaired) electrons. The highest BCUT2D eigenvalue weighted by Gasteiger charge is 2.06. The van der Waals surface area contributed by atoms with Gasteiger partial charge in [0, 0.05) is 19.8 Å². The summed E-state index contributed by atoms with van der Waals surface area (Å²) in [6.07, 6.45) is 3.44. The van der Waals surface area contributed by atoms with Gasteiger partial charge in [0.15, 0.2) is 0 Å². The number of thiophene rings is 1. The van der Waals surface area contributed by atoms with Gasteiger partial charge in [0.1, 0.15) is 0 Å². The Morgan fingerprint density at radius 1 is 1.57 bits per heavy atom. The fourth-order valence-electron chi connectivity index (χ4n) is 1.52. The molecular formula is C11H19NOS. The Morgan fingerprint density at radius 3 is 3.00 bits per heavy atom. The van der Waals surface area contributed by atoms with Crippen LogP contribution in [0.25, 0.3) is 0 Å². The zero-order valence-electron chi connectivity index (χ0n) is 8.95. The molecule has 0 aliphatic heterocycles. The Labute approximate surface area is 90.3 Å². The maximum Gasteiger partial charge on any atom is 0.0462 e. The molecule has 80 valence electrons. The van der Waals surface area contributed by atoms with Gasteiger partial charge in [0.2, 0.25) is 0 Å². The van der Waals surface area contributed by atoms with Crippen LogP contribution in [0.2, 0.25) is 0 Å². The average Bonchev–Trinajstić information content (AvgIpc) is 2.69. The molecule has 0 amide bonds. The Morgan fingerprint density at radius 2 is 2.43 bits per heavy atom. The lowest BCUT2D eigenvalue weighted by Gasteiger charge is -2.14. The summed E-state index contributed by atoms with van der Waals surface area (Å²) in [4.78, 5) is 0. The molecule has 0 aromatic carbocycles. The Kier molecular flexibility index (Phi) is 5.83. The molecule has 1 atom stereocenters. The van der Waals surface area contributed by atoms with Crippen molar-refractivity contribution in [2.24, 2.45) is 0 Å². The first-order chi connectivity index (χ1) is 6.86. The average molecular weight is 213 g/mol. The molecule has 14 heavy (non-hydrogen) atoms. The van der Waals surface area contributed by atoms with Crippen molar-refractivity contribution in [2.45, 2.75) is 25.3 Å². The van der Waals surface area contributed by atoms with Crippen LogP contribution >= 0.6 is 11.3 Å². The highest BCUT2D eigenvalue weighted by Crippen LogP contribution is 2.11. The molecule has 0 aliphatic carbocycles. The second-order valence-electron chi connectivity index (χ2n) is 3.46. The molecule has 1 heterocycles. The van der Waals surface area contributed by atoms with Crippen molar-refractivity contribution in [3.05, 3.63) is 22.4 Å². The second-order valence-corrected chi connectivity index (χ2v) is 4.24. The second kappa shape index (κ2) is 6.98. The van der Waals surface area contributed by atoms with Crippen molar-refractivity contribution in [2.75, 3.05) is 20.8 Å². The summed E-state index contributed by atoms with van der Waals surface area (Å²) in [7, 11) is 3.79. The predicted octanol–water partition coefficient (Wildman–Crippen LogP) is 2.31. The van der Waals surface area contributed by atoms with Crippen LogP contribution < -0.4 is 5.32 Å². The van der Waals surface area contributed by atoms with Crippen LogP contribution in [0.3, 0.4) is 0 Å². The number of hydrogen-bond acceptors (Lipinski definition) is 3. The lowest BCUT2D eigenvalue weighted by Crippen LogP contribution is -2.27. The summed E-state index contributed by atoms with van der Waals surface area (Å²) in [5.74, 6) is 0. The number of ether oxygens (including phenoxy) is 1. The molecule has 0 aliphatic rings. The summed E-state index contributed by atoms with van der Waals surface area (Å²) in [5.41, 5.74) is 1.44. The summed E-state index contributed by atoms with van der Waals surface area (Å²) in [5, 5.41) is 7.71. The smallest absolute Gasteiger partial charge is 0.0462 e. The summed E-state index contributed by atoms with van der Waals surface area (Å²) >= 11 is 1.77. The largest absolute Gasteiger partial charge is 0.385 e. The third-order valence-corrected chi connectivity index (χ3v) is 3.10. The first-order valence-electron chi connectivity index (χ1n) is 5.04. The van der Waals surface area contributed by atoms with Crippen LogP contribution in [0.5, 0.6) is 0 Å². The lowest BCUT2D eigenvalue weighted by molar-refractivity contribution is 0.189. The minimum absolute atomic E-state index is 0.583. The molecule has 1 aromatic rings. The predicted molar refractivity (Wildman–Crippen MR) is 62.0 cm³/mol. The van der Waals surface area contributed by atoms with Crippen LogP contribution in [0.15, 0.2) is 16.8 Å². The van der Waals surface area contributed by atoms with Gasteiger partial charge < -0.3 is 10.1 Å². The summed E-state index contributed by atoms with van der Waals surface area (Å²) < 4.78 is 5.05.